The molecule has 1 aliphatic heterocycles. The third-order valence-corrected chi connectivity index (χ3v) is 5.35. The van der Waals surface area contributed by atoms with Gasteiger partial charge in [-0.15, -0.1) is 0 Å². The number of fused-ring (bicyclic) bond motifs is 1. The first-order valence-electron chi connectivity index (χ1n) is 8.33. The second-order valence-corrected chi connectivity index (χ2v) is 7.01. The number of ether oxygens (including phenoxy) is 1. The zero-order valence-corrected chi connectivity index (χ0v) is 15.0. The molecule has 0 aliphatic carbocycles. The van der Waals surface area contributed by atoms with Gasteiger partial charge >= 0.3 is 0 Å². The number of non-ortho nitro benzene ring substituents is 1. The lowest BCUT2D eigenvalue weighted by Crippen LogP contribution is -2.36. The molecule has 2 heterocycles. The summed E-state index contributed by atoms with van der Waals surface area (Å²) in [5.74, 6) is 0. The summed E-state index contributed by atoms with van der Waals surface area (Å²) < 4.78 is 6.41. The highest BCUT2D eigenvalue weighted by molar-refractivity contribution is 7.22. The van der Waals surface area contributed by atoms with Gasteiger partial charge in [-0.3, -0.25) is 10.1 Å². The predicted octanol–water partition coefficient (Wildman–Crippen LogP) is 3.66. The number of nitro groups is 1. The van der Waals surface area contributed by atoms with Gasteiger partial charge in [-0.2, -0.15) is 5.26 Å². The average molecular weight is 381 g/mol. The van der Waals surface area contributed by atoms with Crippen molar-refractivity contribution in [3.05, 3.63) is 52.1 Å². The van der Waals surface area contributed by atoms with Crippen LogP contribution < -0.4 is 10.2 Å². The molecule has 0 unspecified atom stereocenters. The quantitative estimate of drug-likeness (QED) is 0.543. The molecule has 3 aromatic rings. The highest BCUT2D eigenvalue weighted by Gasteiger charge is 2.16. The van der Waals surface area contributed by atoms with E-state index < -0.39 is 4.92 Å². The summed E-state index contributed by atoms with van der Waals surface area (Å²) >= 11 is 1.61. The van der Waals surface area contributed by atoms with E-state index in [1.54, 1.807) is 17.4 Å². The van der Waals surface area contributed by atoms with E-state index in [2.05, 4.69) is 15.2 Å². The summed E-state index contributed by atoms with van der Waals surface area (Å²) in [4.78, 5) is 17.3. The van der Waals surface area contributed by atoms with Crippen LogP contribution in [0.15, 0.2) is 36.4 Å². The number of rotatable bonds is 4. The second-order valence-electron chi connectivity index (χ2n) is 6.00. The molecule has 1 fully saturated rings. The number of aromatic nitrogens is 1. The third-order valence-electron chi connectivity index (χ3n) is 4.27. The van der Waals surface area contributed by atoms with Crippen LogP contribution in [0.5, 0.6) is 0 Å². The lowest BCUT2D eigenvalue weighted by atomic mass is 10.1. The summed E-state index contributed by atoms with van der Waals surface area (Å²) in [7, 11) is 0. The smallest absolute Gasteiger partial charge is 0.270 e. The molecule has 27 heavy (non-hydrogen) atoms. The molecule has 1 saturated heterocycles. The lowest BCUT2D eigenvalue weighted by molar-refractivity contribution is -0.384. The van der Waals surface area contributed by atoms with Gasteiger partial charge in [0.05, 0.1) is 39.6 Å². The van der Waals surface area contributed by atoms with E-state index in [4.69, 9.17) is 4.74 Å². The number of anilines is 3. The Bertz CT molecular complexity index is 1050. The summed E-state index contributed by atoms with van der Waals surface area (Å²) in [6, 6.07) is 12.0. The third kappa shape index (κ3) is 3.53. The normalized spacial score (nSPS) is 14.1. The summed E-state index contributed by atoms with van der Waals surface area (Å²) in [6.07, 6.45) is 0. The van der Waals surface area contributed by atoms with Crippen molar-refractivity contribution < 1.29 is 9.66 Å². The minimum absolute atomic E-state index is 0.106. The van der Waals surface area contributed by atoms with E-state index in [-0.39, 0.29) is 11.3 Å². The number of thiazole rings is 1. The maximum Gasteiger partial charge on any atom is 0.270 e. The maximum absolute atomic E-state index is 10.9. The van der Waals surface area contributed by atoms with Crippen LogP contribution in [0.1, 0.15) is 5.56 Å². The van der Waals surface area contributed by atoms with Crippen molar-refractivity contribution in [2.75, 3.05) is 36.5 Å². The van der Waals surface area contributed by atoms with Gasteiger partial charge in [-0.25, -0.2) is 4.98 Å². The summed E-state index contributed by atoms with van der Waals surface area (Å²) in [5.41, 5.74) is 2.36. The van der Waals surface area contributed by atoms with Gasteiger partial charge < -0.3 is 15.0 Å². The fraction of sp³-hybridized carbons (Fsp3) is 0.222. The van der Waals surface area contributed by atoms with E-state index in [1.807, 2.05) is 24.3 Å². The minimum atomic E-state index is -0.513. The van der Waals surface area contributed by atoms with E-state index in [0.717, 1.165) is 34.1 Å². The van der Waals surface area contributed by atoms with E-state index in [9.17, 15) is 15.4 Å². The zero-order chi connectivity index (χ0) is 18.8. The number of hydrogen-bond donors (Lipinski definition) is 1. The van der Waals surface area contributed by atoms with Gasteiger partial charge in [0.15, 0.2) is 5.13 Å². The number of morpholine rings is 1. The number of nitriles is 1. The van der Waals surface area contributed by atoms with Crippen molar-refractivity contribution >= 4 is 43.7 Å². The molecule has 0 bridgehead atoms. The Morgan fingerprint density at radius 2 is 2.07 bits per heavy atom. The van der Waals surface area contributed by atoms with Crippen LogP contribution in [0.4, 0.5) is 22.2 Å². The molecule has 1 N–H and O–H groups in total. The largest absolute Gasteiger partial charge is 0.378 e. The molecule has 1 aliphatic rings. The molecule has 0 spiro atoms. The van der Waals surface area contributed by atoms with Crippen LogP contribution in [0, 0.1) is 21.4 Å². The first kappa shape index (κ1) is 17.2. The highest BCUT2D eigenvalue weighted by atomic mass is 32.1. The number of nitrogens with zero attached hydrogens (tertiary/aromatic N) is 4. The van der Waals surface area contributed by atoms with Gasteiger partial charge in [-0.1, -0.05) is 11.3 Å². The van der Waals surface area contributed by atoms with E-state index >= 15 is 0 Å². The molecule has 9 heteroatoms. The Kier molecular flexibility index (Phi) is 4.58. The Hall–Kier alpha value is -3.22. The van der Waals surface area contributed by atoms with Crippen LogP contribution in [-0.2, 0) is 4.74 Å². The fourth-order valence-corrected chi connectivity index (χ4v) is 3.94. The molecule has 0 radical (unpaired) electrons. The number of hydrogen-bond acceptors (Lipinski definition) is 8. The Morgan fingerprint density at radius 1 is 1.26 bits per heavy atom. The first-order valence-corrected chi connectivity index (χ1v) is 9.14. The van der Waals surface area contributed by atoms with Crippen LogP contribution in [0.2, 0.25) is 0 Å². The molecule has 8 nitrogen and oxygen atoms in total. The van der Waals surface area contributed by atoms with Gasteiger partial charge in [0.2, 0.25) is 0 Å². The lowest BCUT2D eigenvalue weighted by Gasteiger charge is -2.25. The Balaban J connectivity index is 1.61. The van der Waals surface area contributed by atoms with Crippen LogP contribution in [0.25, 0.3) is 10.2 Å². The summed E-state index contributed by atoms with van der Waals surface area (Å²) in [6.45, 7) is 3.08. The molecular weight excluding hydrogens is 366 g/mol. The van der Waals surface area contributed by atoms with Gasteiger partial charge in [-0.05, 0) is 24.3 Å². The monoisotopic (exact) mass is 381 g/mol. The molecule has 1 aromatic heterocycles. The van der Waals surface area contributed by atoms with Crippen molar-refractivity contribution in [3.8, 4) is 6.07 Å². The molecular formula is C18H15N5O3S. The molecule has 4 rings (SSSR count). The van der Waals surface area contributed by atoms with Crippen molar-refractivity contribution in [3.63, 3.8) is 0 Å². The van der Waals surface area contributed by atoms with Crippen molar-refractivity contribution in [2.24, 2.45) is 0 Å². The molecule has 0 atom stereocenters. The van der Waals surface area contributed by atoms with Crippen LogP contribution in [-0.4, -0.2) is 36.2 Å². The van der Waals surface area contributed by atoms with E-state index in [1.165, 1.54) is 12.1 Å². The SMILES string of the molecule is N#Cc1cc([N+](=O)[O-])ccc1Nc1ccc2nc(N3CCOCC3)sc2c1. The average Bonchev–Trinajstić information content (AvgIpc) is 3.12. The van der Waals surface area contributed by atoms with Gasteiger partial charge in [0.1, 0.15) is 6.07 Å². The van der Waals surface area contributed by atoms with Crippen LogP contribution in [0.3, 0.4) is 0 Å². The zero-order valence-electron chi connectivity index (χ0n) is 14.2. The molecule has 2 aromatic carbocycles. The van der Waals surface area contributed by atoms with Crippen molar-refractivity contribution in [1.82, 2.24) is 4.98 Å². The second kappa shape index (κ2) is 7.19. The molecule has 136 valence electrons. The number of nitrogens with one attached hydrogen (secondary N) is 1. The number of nitro benzene ring substituents is 1. The van der Waals surface area contributed by atoms with Gasteiger partial charge in [0.25, 0.3) is 5.69 Å². The van der Waals surface area contributed by atoms with Crippen LogP contribution >= 0.6 is 11.3 Å². The predicted molar refractivity (Wildman–Crippen MR) is 104 cm³/mol. The van der Waals surface area contributed by atoms with Gasteiger partial charge in [0, 0.05) is 30.9 Å². The Morgan fingerprint density at radius 3 is 2.81 bits per heavy atom. The topological polar surface area (TPSA) is 104 Å². The Labute approximate surface area is 158 Å². The standard InChI is InChI=1S/C18H15N5O3S/c19-11-12-9-14(23(24)25)2-4-15(12)20-13-1-3-16-17(10-13)27-18(21-16)22-5-7-26-8-6-22/h1-4,9-10,20H,5-8H2. The number of benzene rings is 2. The molecule has 0 saturated carbocycles. The minimum Gasteiger partial charge on any atom is -0.378 e. The summed E-state index contributed by atoms with van der Waals surface area (Å²) in [5, 5.41) is 24.3. The maximum atomic E-state index is 10.9. The van der Waals surface area contributed by atoms with Crippen molar-refractivity contribution in [2.45, 2.75) is 0 Å². The highest BCUT2D eigenvalue weighted by Crippen LogP contribution is 2.32. The van der Waals surface area contributed by atoms with Crippen molar-refractivity contribution in [1.29, 1.82) is 5.26 Å². The first-order chi connectivity index (χ1) is 13.1. The molecule has 0 amide bonds. The van der Waals surface area contributed by atoms with E-state index in [0.29, 0.717) is 18.9 Å². The fourth-order valence-electron chi connectivity index (χ4n) is 2.88.